The Hall–Kier alpha value is -1.68. The Bertz CT molecular complexity index is 447. The topological polar surface area (TPSA) is 55.2 Å². The highest BCUT2D eigenvalue weighted by Gasteiger charge is 2.12. The maximum absolute atomic E-state index is 10.8. The largest absolute Gasteiger partial charge is 0.309 e. The lowest BCUT2D eigenvalue weighted by Crippen LogP contribution is -2.25. The summed E-state index contributed by atoms with van der Waals surface area (Å²) in [6.45, 7) is 2.45. The quantitative estimate of drug-likeness (QED) is 0.493. The third-order valence-corrected chi connectivity index (χ3v) is 3.07. The molecular weight excluding hydrogens is 216 g/mol. The number of aryl methyl sites for hydroxylation is 1. The molecule has 0 unspecified atom stereocenters. The van der Waals surface area contributed by atoms with E-state index >= 15 is 0 Å². The summed E-state index contributed by atoms with van der Waals surface area (Å²) in [5.41, 5.74) is 1.88. The molecule has 4 heteroatoms. The van der Waals surface area contributed by atoms with Gasteiger partial charge in [0.2, 0.25) is 0 Å². The van der Waals surface area contributed by atoms with E-state index in [-0.39, 0.29) is 10.6 Å². The smallest absolute Gasteiger partial charge is 0.272 e. The molecule has 0 atom stereocenters. The van der Waals surface area contributed by atoms with Crippen LogP contribution in [0.15, 0.2) is 30.4 Å². The molecule has 0 spiro atoms. The van der Waals surface area contributed by atoms with Gasteiger partial charge >= 0.3 is 0 Å². The molecule has 0 heterocycles. The number of nitrogens with one attached hydrogen (secondary N) is 1. The van der Waals surface area contributed by atoms with Gasteiger partial charge in [-0.05, 0) is 25.3 Å². The fraction of sp³-hybridized carbons (Fsp3) is 0.385. The summed E-state index contributed by atoms with van der Waals surface area (Å²) >= 11 is 0. The minimum atomic E-state index is -0.323. The van der Waals surface area contributed by atoms with Crippen LogP contribution in [0, 0.1) is 17.0 Å². The SMILES string of the molecule is Cc1ccc(CNC2CC=CC2)cc1[N+](=O)[O-]. The van der Waals surface area contributed by atoms with Crippen LogP contribution in [-0.4, -0.2) is 11.0 Å². The van der Waals surface area contributed by atoms with Crippen molar-refractivity contribution in [2.24, 2.45) is 0 Å². The van der Waals surface area contributed by atoms with E-state index < -0.39 is 0 Å². The number of benzene rings is 1. The molecule has 0 aromatic heterocycles. The maximum Gasteiger partial charge on any atom is 0.272 e. The average Bonchev–Trinajstić information content (AvgIpc) is 2.80. The predicted molar refractivity (Wildman–Crippen MR) is 66.8 cm³/mol. The fourth-order valence-corrected chi connectivity index (χ4v) is 2.01. The van der Waals surface area contributed by atoms with E-state index in [0.29, 0.717) is 18.2 Å². The van der Waals surface area contributed by atoms with Gasteiger partial charge in [0.25, 0.3) is 5.69 Å². The van der Waals surface area contributed by atoms with E-state index in [4.69, 9.17) is 0 Å². The zero-order valence-electron chi connectivity index (χ0n) is 9.85. The van der Waals surface area contributed by atoms with E-state index in [1.54, 1.807) is 13.0 Å². The first-order chi connectivity index (χ1) is 8.16. The van der Waals surface area contributed by atoms with Gasteiger partial charge in [0, 0.05) is 24.2 Å². The molecule has 4 nitrogen and oxygen atoms in total. The van der Waals surface area contributed by atoms with Crippen LogP contribution in [-0.2, 0) is 6.54 Å². The van der Waals surface area contributed by atoms with Gasteiger partial charge in [0.15, 0.2) is 0 Å². The summed E-state index contributed by atoms with van der Waals surface area (Å²) in [7, 11) is 0. The average molecular weight is 232 g/mol. The van der Waals surface area contributed by atoms with Crippen LogP contribution in [0.2, 0.25) is 0 Å². The molecule has 17 heavy (non-hydrogen) atoms. The van der Waals surface area contributed by atoms with E-state index in [2.05, 4.69) is 17.5 Å². The lowest BCUT2D eigenvalue weighted by atomic mass is 10.1. The Kier molecular flexibility index (Phi) is 3.54. The third-order valence-electron chi connectivity index (χ3n) is 3.07. The normalized spacial score (nSPS) is 15.4. The van der Waals surface area contributed by atoms with E-state index in [1.807, 2.05) is 12.1 Å². The second-order valence-corrected chi connectivity index (χ2v) is 4.40. The Labute approximate surface area is 100 Å². The third kappa shape index (κ3) is 2.91. The van der Waals surface area contributed by atoms with Crippen LogP contribution in [0.5, 0.6) is 0 Å². The number of nitro groups is 1. The molecule has 0 saturated carbocycles. The van der Waals surface area contributed by atoms with E-state index in [1.165, 1.54) is 0 Å². The minimum Gasteiger partial charge on any atom is -0.309 e. The molecule has 0 saturated heterocycles. The van der Waals surface area contributed by atoms with Gasteiger partial charge in [0.05, 0.1) is 4.92 Å². The Balaban J connectivity index is 2.01. The molecule has 1 aromatic carbocycles. The van der Waals surface area contributed by atoms with Gasteiger partial charge in [-0.2, -0.15) is 0 Å². The summed E-state index contributed by atoms with van der Waals surface area (Å²) in [6.07, 6.45) is 6.42. The highest BCUT2D eigenvalue weighted by atomic mass is 16.6. The predicted octanol–water partition coefficient (Wildman–Crippen LogP) is 2.71. The first kappa shape index (κ1) is 11.8. The molecule has 1 aliphatic carbocycles. The molecule has 2 rings (SSSR count). The Morgan fingerprint density at radius 2 is 2.12 bits per heavy atom. The summed E-state index contributed by atoms with van der Waals surface area (Å²) < 4.78 is 0. The van der Waals surface area contributed by atoms with Crippen LogP contribution in [0.25, 0.3) is 0 Å². The van der Waals surface area contributed by atoms with Crippen molar-refractivity contribution in [2.75, 3.05) is 0 Å². The molecule has 0 amide bonds. The van der Waals surface area contributed by atoms with Gasteiger partial charge in [-0.3, -0.25) is 10.1 Å². The van der Waals surface area contributed by atoms with Crippen molar-refractivity contribution in [3.63, 3.8) is 0 Å². The van der Waals surface area contributed by atoms with Gasteiger partial charge in [-0.15, -0.1) is 0 Å². The van der Waals surface area contributed by atoms with Gasteiger partial charge in [-0.25, -0.2) is 0 Å². The van der Waals surface area contributed by atoms with E-state index in [9.17, 15) is 10.1 Å². The fourth-order valence-electron chi connectivity index (χ4n) is 2.01. The number of nitro benzene ring substituents is 1. The Morgan fingerprint density at radius 3 is 2.76 bits per heavy atom. The number of hydrogen-bond acceptors (Lipinski definition) is 3. The molecule has 1 aromatic rings. The molecule has 0 bridgehead atoms. The standard InChI is InChI=1S/C13H16N2O2/c1-10-6-7-11(8-13(10)15(16)17)9-14-12-4-2-3-5-12/h2-3,6-8,12,14H,4-5,9H2,1H3. The molecular formula is C13H16N2O2. The van der Waals surface area contributed by atoms with Crippen LogP contribution in [0.3, 0.4) is 0 Å². The molecule has 1 N–H and O–H groups in total. The summed E-state index contributed by atoms with van der Waals surface area (Å²) in [5.74, 6) is 0. The maximum atomic E-state index is 10.8. The molecule has 0 fully saturated rings. The van der Waals surface area contributed by atoms with Crippen LogP contribution >= 0.6 is 0 Å². The van der Waals surface area contributed by atoms with Crippen LogP contribution < -0.4 is 5.32 Å². The number of hydrogen-bond donors (Lipinski definition) is 1. The van der Waals surface area contributed by atoms with Crippen molar-refractivity contribution in [2.45, 2.75) is 32.4 Å². The van der Waals surface area contributed by atoms with Crippen molar-refractivity contribution >= 4 is 5.69 Å². The lowest BCUT2D eigenvalue weighted by molar-refractivity contribution is -0.385. The summed E-state index contributed by atoms with van der Waals surface area (Å²) in [4.78, 5) is 10.5. The highest BCUT2D eigenvalue weighted by Crippen LogP contribution is 2.19. The van der Waals surface area contributed by atoms with Crippen LogP contribution in [0.4, 0.5) is 5.69 Å². The van der Waals surface area contributed by atoms with Crippen molar-refractivity contribution in [1.29, 1.82) is 0 Å². The van der Waals surface area contributed by atoms with Gasteiger partial charge < -0.3 is 5.32 Å². The molecule has 0 aliphatic heterocycles. The minimum absolute atomic E-state index is 0.203. The molecule has 90 valence electrons. The molecule has 1 aliphatic rings. The first-order valence-corrected chi connectivity index (χ1v) is 5.79. The zero-order valence-corrected chi connectivity index (χ0v) is 9.85. The van der Waals surface area contributed by atoms with Gasteiger partial charge in [0.1, 0.15) is 0 Å². The Morgan fingerprint density at radius 1 is 1.41 bits per heavy atom. The number of nitrogens with zero attached hydrogens (tertiary/aromatic N) is 1. The van der Waals surface area contributed by atoms with Gasteiger partial charge in [-0.1, -0.05) is 24.3 Å². The first-order valence-electron chi connectivity index (χ1n) is 5.79. The second kappa shape index (κ2) is 5.10. The lowest BCUT2D eigenvalue weighted by Gasteiger charge is -2.11. The van der Waals surface area contributed by atoms with Crippen molar-refractivity contribution in [3.05, 3.63) is 51.6 Å². The van der Waals surface area contributed by atoms with Crippen molar-refractivity contribution in [1.82, 2.24) is 5.32 Å². The van der Waals surface area contributed by atoms with Crippen molar-refractivity contribution < 1.29 is 4.92 Å². The van der Waals surface area contributed by atoms with Crippen LogP contribution in [0.1, 0.15) is 24.0 Å². The van der Waals surface area contributed by atoms with E-state index in [0.717, 1.165) is 18.4 Å². The highest BCUT2D eigenvalue weighted by molar-refractivity contribution is 5.42. The second-order valence-electron chi connectivity index (χ2n) is 4.40. The summed E-state index contributed by atoms with van der Waals surface area (Å²) in [5, 5.41) is 14.2. The zero-order chi connectivity index (χ0) is 12.3. The summed E-state index contributed by atoms with van der Waals surface area (Å²) in [6, 6.07) is 5.89. The monoisotopic (exact) mass is 232 g/mol. The molecule has 0 radical (unpaired) electrons. The number of rotatable bonds is 4. The van der Waals surface area contributed by atoms with Crippen molar-refractivity contribution in [3.8, 4) is 0 Å².